The summed E-state index contributed by atoms with van der Waals surface area (Å²) in [6, 6.07) is 12.5. The molecular formula is C20H26N2O4S. The number of nitrogens with zero attached hydrogens (tertiary/aromatic N) is 1. The number of amides is 1. The third-order valence-electron chi connectivity index (χ3n) is 4.03. The molecule has 0 radical (unpaired) electrons. The number of benzene rings is 2. The normalized spacial score (nSPS) is 11.1. The molecule has 0 aliphatic carbocycles. The molecule has 0 saturated carbocycles. The fourth-order valence-corrected chi connectivity index (χ4v) is 3.66. The highest BCUT2D eigenvalue weighted by atomic mass is 32.2. The van der Waals surface area contributed by atoms with Gasteiger partial charge in [-0.15, -0.1) is 0 Å². The number of carbonyl (C=O) groups excluding carboxylic acids is 1. The van der Waals surface area contributed by atoms with E-state index in [1.54, 1.807) is 24.3 Å². The van der Waals surface area contributed by atoms with E-state index in [2.05, 4.69) is 5.32 Å². The zero-order valence-electron chi connectivity index (χ0n) is 16.2. The molecule has 1 N–H and O–H groups in total. The molecular weight excluding hydrogens is 364 g/mol. The Kier molecular flexibility index (Phi) is 6.85. The Morgan fingerprint density at radius 2 is 1.78 bits per heavy atom. The van der Waals surface area contributed by atoms with Crippen molar-refractivity contribution in [1.29, 1.82) is 0 Å². The molecule has 0 bridgehead atoms. The predicted octanol–water partition coefficient (Wildman–Crippen LogP) is 3.50. The van der Waals surface area contributed by atoms with Crippen LogP contribution in [0.15, 0.2) is 42.5 Å². The fourth-order valence-electron chi connectivity index (χ4n) is 2.73. The van der Waals surface area contributed by atoms with Gasteiger partial charge in [-0.25, -0.2) is 8.42 Å². The topological polar surface area (TPSA) is 75.7 Å². The largest absolute Gasteiger partial charge is 0.494 e. The first-order chi connectivity index (χ1) is 12.7. The van der Waals surface area contributed by atoms with E-state index >= 15 is 0 Å². The van der Waals surface area contributed by atoms with Crippen molar-refractivity contribution >= 4 is 27.3 Å². The van der Waals surface area contributed by atoms with Crippen molar-refractivity contribution in [3.05, 3.63) is 53.6 Å². The van der Waals surface area contributed by atoms with E-state index in [0.29, 0.717) is 18.0 Å². The van der Waals surface area contributed by atoms with Crippen LogP contribution in [0.25, 0.3) is 0 Å². The standard InChI is InChI=1S/C20H26N2O4S/c1-5-26-18-9-7-17(8-10-18)22(27(4,24)25)13-12-20(23)21-19-11-6-15(2)14-16(19)3/h6-11,14H,5,12-13H2,1-4H3,(H,21,23). The average molecular weight is 391 g/mol. The van der Waals surface area contributed by atoms with Crippen molar-refractivity contribution < 1.29 is 17.9 Å². The Hall–Kier alpha value is -2.54. The van der Waals surface area contributed by atoms with Crippen molar-refractivity contribution in [2.45, 2.75) is 27.2 Å². The summed E-state index contributed by atoms with van der Waals surface area (Å²) in [5, 5.41) is 2.84. The van der Waals surface area contributed by atoms with Gasteiger partial charge < -0.3 is 10.1 Å². The van der Waals surface area contributed by atoms with E-state index < -0.39 is 10.0 Å². The van der Waals surface area contributed by atoms with Gasteiger partial charge in [0.15, 0.2) is 0 Å². The van der Waals surface area contributed by atoms with Crippen molar-refractivity contribution in [1.82, 2.24) is 0 Å². The second-order valence-electron chi connectivity index (χ2n) is 6.38. The molecule has 0 aliphatic rings. The molecule has 7 heteroatoms. The van der Waals surface area contributed by atoms with E-state index in [1.165, 1.54) is 4.31 Å². The van der Waals surface area contributed by atoms with Gasteiger partial charge in [-0.3, -0.25) is 9.10 Å². The van der Waals surface area contributed by atoms with E-state index in [0.717, 1.165) is 23.1 Å². The zero-order chi connectivity index (χ0) is 20.0. The lowest BCUT2D eigenvalue weighted by Crippen LogP contribution is -2.33. The summed E-state index contributed by atoms with van der Waals surface area (Å²) in [6.07, 6.45) is 1.18. The minimum absolute atomic E-state index is 0.0492. The molecule has 0 heterocycles. The predicted molar refractivity (Wildman–Crippen MR) is 109 cm³/mol. The van der Waals surface area contributed by atoms with Crippen molar-refractivity contribution in [3.63, 3.8) is 0 Å². The summed E-state index contributed by atoms with van der Waals surface area (Å²) in [5.74, 6) is 0.434. The third-order valence-corrected chi connectivity index (χ3v) is 5.23. The molecule has 27 heavy (non-hydrogen) atoms. The lowest BCUT2D eigenvalue weighted by molar-refractivity contribution is -0.116. The molecule has 0 spiro atoms. The highest BCUT2D eigenvalue weighted by molar-refractivity contribution is 7.92. The van der Waals surface area contributed by atoms with Crippen LogP contribution in [0.3, 0.4) is 0 Å². The lowest BCUT2D eigenvalue weighted by atomic mass is 10.1. The van der Waals surface area contributed by atoms with Crippen LogP contribution in [0.1, 0.15) is 24.5 Å². The molecule has 0 fully saturated rings. The van der Waals surface area contributed by atoms with Crippen LogP contribution in [0.2, 0.25) is 0 Å². The number of hydrogen-bond donors (Lipinski definition) is 1. The number of anilines is 2. The van der Waals surface area contributed by atoms with E-state index in [4.69, 9.17) is 4.74 Å². The van der Waals surface area contributed by atoms with Crippen LogP contribution in [0.4, 0.5) is 11.4 Å². The smallest absolute Gasteiger partial charge is 0.232 e. The number of nitrogens with one attached hydrogen (secondary N) is 1. The average Bonchev–Trinajstić information content (AvgIpc) is 2.58. The first-order valence-corrected chi connectivity index (χ1v) is 10.6. The van der Waals surface area contributed by atoms with Gasteiger partial charge in [-0.05, 0) is 56.7 Å². The second-order valence-corrected chi connectivity index (χ2v) is 8.29. The minimum atomic E-state index is -3.51. The van der Waals surface area contributed by atoms with Gasteiger partial charge in [0.2, 0.25) is 15.9 Å². The number of rotatable bonds is 8. The summed E-state index contributed by atoms with van der Waals surface area (Å²) in [7, 11) is -3.51. The number of ether oxygens (including phenoxy) is 1. The van der Waals surface area contributed by atoms with E-state index in [9.17, 15) is 13.2 Å². The van der Waals surface area contributed by atoms with Gasteiger partial charge in [-0.1, -0.05) is 17.7 Å². The molecule has 0 saturated heterocycles. The van der Waals surface area contributed by atoms with Crippen LogP contribution >= 0.6 is 0 Å². The summed E-state index contributed by atoms with van der Waals surface area (Å²) in [6.45, 7) is 6.38. The summed E-state index contributed by atoms with van der Waals surface area (Å²) in [4.78, 5) is 12.3. The molecule has 1 amide bonds. The van der Waals surface area contributed by atoms with Gasteiger partial charge in [0.05, 0.1) is 18.6 Å². The Labute approximate surface area is 161 Å². The van der Waals surface area contributed by atoms with Crippen molar-refractivity contribution in [2.75, 3.05) is 29.0 Å². The molecule has 0 aromatic heterocycles. The maximum absolute atomic E-state index is 12.3. The molecule has 146 valence electrons. The van der Waals surface area contributed by atoms with Gasteiger partial charge in [0.25, 0.3) is 0 Å². The van der Waals surface area contributed by atoms with Crippen LogP contribution in [0, 0.1) is 13.8 Å². The summed E-state index contributed by atoms with van der Waals surface area (Å²) < 4.78 is 30.9. The Morgan fingerprint density at radius 3 is 2.33 bits per heavy atom. The van der Waals surface area contributed by atoms with Crippen LogP contribution in [-0.4, -0.2) is 33.7 Å². The number of hydrogen-bond acceptors (Lipinski definition) is 4. The lowest BCUT2D eigenvalue weighted by Gasteiger charge is -2.22. The van der Waals surface area contributed by atoms with Crippen molar-refractivity contribution in [3.8, 4) is 5.75 Å². The maximum Gasteiger partial charge on any atom is 0.232 e. The van der Waals surface area contributed by atoms with Crippen LogP contribution < -0.4 is 14.4 Å². The van der Waals surface area contributed by atoms with Gasteiger partial charge >= 0.3 is 0 Å². The van der Waals surface area contributed by atoms with Gasteiger partial charge in [0, 0.05) is 18.7 Å². The molecule has 0 aliphatic heterocycles. The second kappa shape index (κ2) is 8.90. The molecule has 2 aromatic rings. The molecule has 6 nitrogen and oxygen atoms in total. The third kappa shape index (κ3) is 5.99. The first-order valence-electron chi connectivity index (χ1n) is 8.78. The van der Waals surface area contributed by atoms with Crippen LogP contribution in [0.5, 0.6) is 5.75 Å². The van der Waals surface area contributed by atoms with Crippen molar-refractivity contribution in [2.24, 2.45) is 0 Å². The molecule has 2 aromatic carbocycles. The van der Waals surface area contributed by atoms with E-state index in [-0.39, 0.29) is 18.9 Å². The Balaban J connectivity index is 2.07. The first kappa shape index (κ1) is 20.8. The quantitative estimate of drug-likeness (QED) is 0.749. The Bertz CT molecular complexity index is 893. The summed E-state index contributed by atoms with van der Waals surface area (Å²) >= 11 is 0. The molecule has 2 rings (SSSR count). The fraction of sp³-hybridized carbons (Fsp3) is 0.350. The number of carbonyl (C=O) groups is 1. The SMILES string of the molecule is CCOc1ccc(N(CCC(=O)Nc2ccc(C)cc2C)S(C)(=O)=O)cc1. The molecule has 0 atom stereocenters. The Morgan fingerprint density at radius 1 is 1.11 bits per heavy atom. The van der Waals surface area contributed by atoms with Gasteiger partial charge in [0.1, 0.15) is 5.75 Å². The molecule has 0 unspecified atom stereocenters. The minimum Gasteiger partial charge on any atom is -0.494 e. The van der Waals surface area contributed by atoms with Gasteiger partial charge in [-0.2, -0.15) is 0 Å². The highest BCUT2D eigenvalue weighted by Crippen LogP contribution is 2.22. The number of aryl methyl sites for hydroxylation is 2. The highest BCUT2D eigenvalue weighted by Gasteiger charge is 2.19. The van der Waals surface area contributed by atoms with E-state index in [1.807, 2.05) is 39.0 Å². The monoisotopic (exact) mass is 390 g/mol. The summed E-state index contributed by atoms with van der Waals surface area (Å²) in [5.41, 5.74) is 3.32. The number of sulfonamides is 1. The van der Waals surface area contributed by atoms with Crippen LogP contribution in [-0.2, 0) is 14.8 Å². The maximum atomic E-state index is 12.3. The zero-order valence-corrected chi connectivity index (χ0v) is 17.0.